The SMILES string of the molecule is CCCCN1C[C@@H](O)C[C@@H](O)[C@H](O)C1. The molecule has 84 valence electrons. The molecule has 4 nitrogen and oxygen atoms in total. The molecular weight excluding hydrogens is 182 g/mol. The fraction of sp³-hybridized carbons (Fsp3) is 1.00. The van der Waals surface area contributed by atoms with Gasteiger partial charge in [0.25, 0.3) is 0 Å². The van der Waals surface area contributed by atoms with Crippen molar-refractivity contribution in [3.05, 3.63) is 0 Å². The Morgan fingerprint density at radius 1 is 1.14 bits per heavy atom. The van der Waals surface area contributed by atoms with Crippen molar-refractivity contribution in [3.8, 4) is 0 Å². The van der Waals surface area contributed by atoms with Crippen LogP contribution in [0.3, 0.4) is 0 Å². The Hall–Kier alpha value is -0.160. The van der Waals surface area contributed by atoms with Gasteiger partial charge in [0.05, 0.1) is 18.3 Å². The van der Waals surface area contributed by atoms with Crippen LogP contribution in [-0.2, 0) is 0 Å². The van der Waals surface area contributed by atoms with Crippen molar-refractivity contribution in [3.63, 3.8) is 0 Å². The van der Waals surface area contributed by atoms with E-state index >= 15 is 0 Å². The average molecular weight is 203 g/mol. The summed E-state index contributed by atoms with van der Waals surface area (Å²) in [4.78, 5) is 2.02. The molecule has 0 spiro atoms. The van der Waals surface area contributed by atoms with E-state index in [0.717, 1.165) is 19.4 Å². The van der Waals surface area contributed by atoms with E-state index in [4.69, 9.17) is 0 Å². The highest BCUT2D eigenvalue weighted by Crippen LogP contribution is 2.12. The highest BCUT2D eigenvalue weighted by Gasteiger charge is 2.27. The van der Waals surface area contributed by atoms with E-state index in [1.165, 1.54) is 0 Å². The summed E-state index contributed by atoms with van der Waals surface area (Å²) in [6, 6.07) is 0. The number of rotatable bonds is 3. The Morgan fingerprint density at radius 3 is 2.50 bits per heavy atom. The molecule has 0 aromatic rings. The first-order valence-corrected chi connectivity index (χ1v) is 5.40. The monoisotopic (exact) mass is 203 g/mol. The van der Waals surface area contributed by atoms with Crippen molar-refractivity contribution in [2.45, 2.75) is 44.5 Å². The van der Waals surface area contributed by atoms with Crippen LogP contribution in [0.2, 0.25) is 0 Å². The molecule has 4 heteroatoms. The Morgan fingerprint density at radius 2 is 1.86 bits per heavy atom. The Labute approximate surface area is 85.2 Å². The third kappa shape index (κ3) is 3.53. The highest BCUT2D eigenvalue weighted by molar-refractivity contribution is 4.81. The second-order valence-electron chi connectivity index (χ2n) is 4.14. The number of hydrogen-bond acceptors (Lipinski definition) is 4. The summed E-state index contributed by atoms with van der Waals surface area (Å²) in [7, 11) is 0. The molecule has 1 rings (SSSR count). The number of aliphatic hydroxyl groups excluding tert-OH is 3. The quantitative estimate of drug-likeness (QED) is 0.582. The van der Waals surface area contributed by atoms with Gasteiger partial charge in [-0.1, -0.05) is 13.3 Å². The topological polar surface area (TPSA) is 63.9 Å². The molecule has 1 aliphatic rings. The number of likely N-dealkylation sites (tertiary alicyclic amines) is 1. The molecule has 0 radical (unpaired) electrons. The average Bonchev–Trinajstić information content (AvgIpc) is 2.23. The predicted molar refractivity (Wildman–Crippen MR) is 54.0 cm³/mol. The van der Waals surface area contributed by atoms with E-state index in [-0.39, 0.29) is 6.42 Å². The van der Waals surface area contributed by atoms with Crippen LogP contribution in [0.4, 0.5) is 0 Å². The molecule has 0 amide bonds. The number of unbranched alkanes of at least 4 members (excludes halogenated alkanes) is 1. The normalized spacial score (nSPS) is 35.6. The maximum absolute atomic E-state index is 9.54. The van der Waals surface area contributed by atoms with Gasteiger partial charge in [0.15, 0.2) is 0 Å². The minimum Gasteiger partial charge on any atom is -0.392 e. The summed E-state index contributed by atoms with van der Waals surface area (Å²) in [6.07, 6.45) is 0.435. The molecule has 0 unspecified atom stereocenters. The summed E-state index contributed by atoms with van der Waals surface area (Å²) >= 11 is 0. The summed E-state index contributed by atoms with van der Waals surface area (Å²) < 4.78 is 0. The zero-order valence-corrected chi connectivity index (χ0v) is 8.76. The van der Waals surface area contributed by atoms with Crippen LogP contribution in [0.15, 0.2) is 0 Å². The zero-order valence-electron chi connectivity index (χ0n) is 8.76. The van der Waals surface area contributed by atoms with Crippen LogP contribution < -0.4 is 0 Å². The molecule has 0 bridgehead atoms. The van der Waals surface area contributed by atoms with Gasteiger partial charge in [0, 0.05) is 19.5 Å². The van der Waals surface area contributed by atoms with E-state index in [0.29, 0.717) is 13.1 Å². The van der Waals surface area contributed by atoms with Crippen LogP contribution in [0.25, 0.3) is 0 Å². The molecule has 1 saturated heterocycles. The van der Waals surface area contributed by atoms with E-state index in [1.54, 1.807) is 0 Å². The molecular formula is C10H21NO3. The highest BCUT2D eigenvalue weighted by atomic mass is 16.3. The van der Waals surface area contributed by atoms with Gasteiger partial charge in [-0.05, 0) is 13.0 Å². The van der Waals surface area contributed by atoms with E-state index in [1.807, 2.05) is 4.90 Å². The Bertz CT molecular complexity index is 165. The molecule has 1 aliphatic heterocycles. The number of nitrogens with zero attached hydrogens (tertiary/aromatic N) is 1. The van der Waals surface area contributed by atoms with Gasteiger partial charge in [-0.2, -0.15) is 0 Å². The van der Waals surface area contributed by atoms with E-state index in [2.05, 4.69) is 6.92 Å². The van der Waals surface area contributed by atoms with Crippen LogP contribution in [0.1, 0.15) is 26.2 Å². The molecule has 3 atom stereocenters. The lowest BCUT2D eigenvalue weighted by atomic mass is 10.1. The predicted octanol–water partition coefficient (Wildman–Crippen LogP) is -0.425. The van der Waals surface area contributed by atoms with Crippen molar-refractivity contribution in [2.24, 2.45) is 0 Å². The van der Waals surface area contributed by atoms with Crippen LogP contribution in [0, 0.1) is 0 Å². The maximum Gasteiger partial charge on any atom is 0.0926 e. The second kappa shape index (κ2) is 5.66. The van der Waals surface area contributed by atoms with Crippen molar-refractivity contribution in [2.75, 3.05) is 19.6 Å². The van der Waals surface area contributed by atoms with Gasteiger partial charge in [-0.15, -0.1) is 0 Å². The molecule has 0 aliphatic carbocycles. The van der Waals surface area contributed by atoms with Crippen LogP contribution in [0.5, 0.6) is 0 Å². The fourth-order valence-corrected chi connectivity index (χ4v) is 1.83. The number of aliphatic hydroxyl groups is 3. The van der Waals surface area contributed by atoms with Gasteiger partial charge in [-0.3, -0.25) is 4.90 Å². The van der Waals surface area contributed by atoms with Crippen molar-refractivity contribution in [1.29, 1.82) is 0 Å². The third-order valence-electron chi connectivity index (χ3n) is 2.70. The second-order valence-corrected chi connectivity index (χ2v) is 4.14. The van der Waals surface area contributed by atoms with Gasteiger partial charge in [0.2, 0.25) is 0 Å². The first kappa shape index (κ1) is 11.9. The maximum atomic E-state index is 9.54. The minimum absolute atomic E-state index is 0.282. The molecule has 0 aromatic heterocycles. The third-order valence-corrected chi connectivity index (χ3v) is 2.70. The largest absolute Gasteiger partial charge is 0.392 e. The summed E-state index contributed by atoms with van der Waals surface area (Å²) in [5.74, 6) is 0. The molecule has 0 saturated carbocycles. The molecule has 0 aromatic carbocycles. The fourth-order valence-electron chi connectivity index (χ4n) is 1.83. The van der Waals surface area contributed by atoms with Gasteiger partial charge >= 0.3 is 0 Å². The van der Waals surface area contributed by atoms with E-state index < -0.39 is 18.3 Å². The van der Waals surface area contributed by atoms with Gasteiger partial charge in [-0.25, -0.2) is 0 Å². The number of β-amino-alcohol motifs (C(OH)–C–C–N with tert-alkyl or cyclic N) is 2. The van der Waals surface area contributed by atoms with Crippen LogP contribution >= 0.6 is 0 Å². The first-order chi connectivity index (χ1) is 6.63. The summed E-state index contributed by atoms with van der Waals surface area (Å²) in [6.45, 7) is 4.03. The molecule has 14 heavy (non-hydrogen) atoms. The lowest BCUT2D eigenvalue weighted by Gasteiger charge is -2.22. The van der Waals surface area contributed by atoms with Crippen molar-refractivity contribution in [1.82, 2.24) is 4.90 Å². The standard InChI is InChI=1S/C10H21NO3/c1-2-3-4-11-6-8(12)5-9(13)10(14)7-11/h8-10,12-14H,2-7H2,1H3/t8-,9+,10+/m0/s1. The van der Waals surface area contributed by atoms with Crippen molar-refractivity contribution < 1.29 is 15.3 Å². The van der Waals surface area contributed by atoms with Gasteiger partial charge in [0.1, 0.15) is 0 Å². The molecule has 1 heterocycles. The van der Waals surface area contributed by atoms with Crippen molar-refractivity contribution >= 4 is 0 Å². The van der Waals surface area contributed by atoms with Crippen LogP contribution in [-0.4, -0.2) is 58.2 Å². The summed E-state index contributed by atoms with van der Waals surface area (Å²) in [5.41, 5.74) is 0. The molecule has 1 fully saturated rings. The Balaban J connectivity index is 2.43. The number of hydrogen-bond donors (Lipinski definition) is 3. The zero-order chi connectivity index (χ0) is 10.6. The lowest BCUT2D eigenvalue weighted by Crippen LogP contribution is -2.37. The summed E-state index contributed by atoms with van der Waals surface area (Å²) in [5, 5.41) is 28.5. The van der Waals surface area contributed by atoms with E-state index in [9.17, 15) is 15.3 Å². The Kier molecular flexibility index (Phi) is 4.81. The smallest absolute Gasteiger partial charge is 0.0926 e. The van der Waals surface area contributed by atoms with Gasteiger partial charge < -0.3 is 15.3 Å². The minimum atomic E-state index is -0.781. The first-order valence-electron chi connectivity index (χ1n) is 5.40. The lowest BCUT2D eigenvalue weighted by molar-refractivity contribution is 0.000723. The molecule has 3 N–H and O–H groups in total.